The molecule has 0 bridgehead atoms. The number of nitrogens with zero attached hydrogens (tertiary/aromatic N) is 2. The fraction of sp³-hybridized carbons (Fsp3) is 0.722. The smallest absolute Gasteiger partial charge is 0.191 e. The van der Waals surface area contributed by atoms with Crippen molar-refractivity contribution < 1.29 is 0 Å². The van der Waals surface area contributed by atoms with Crippen LogP contribution in [0.25, 0.3) is 0 Å². The topological polar surface area (TPSA) is 39.7 Å². The van der Waals surface area contributed by atoms with Gasteiger partial charge in [-0.15, -0.1) is 35.3 Å². The minimum Gasteiger partial charge on any atom is -0.356 e. The molecule has 1 aliphatic rings. The van der Waals surface area contributed by atoms with E-state index in [4.69, 9.17) is 0 Å². The molecule has 4 nitrogen and oxygen atoms in total. The van der Waals surface area contributed by atoms with Crippen LogP contribution in [0.5, 0.6) is 0 Å². The Morgan fingerprint density at radius 3 is 2.75 bits per heavy atom. The van der Waals surface area contributed by atoms with Gasteiger partial charge in [0.1, 0.15) is 0 Å². The van der Waals surface area contributed by atoms with Crippen molar-refractivity contribution in [2.75, 3.05) is 33.2 Å². The molecule has 2 heterocycles. The lowest BCUT2D eigenvalue weighted by molar-refractivity contribution is 0.203. The van der Waals surface area contributed by atoms with Crippen molar-refractivity contribution >= 4 is 41.3 Å². The highest BCUT2D eigenvalue weighted by Crippen LogP contribution is 2.19. The highest BCUT2D eigenvalue weighted by molar-refractivity contribution is 14.0. The standard InChI is InChI=1S/C18H32N4S.HI/c1-4-5-10-22-11-8-16(9-12-22)21-18(19-3)20-14-15(2)17-7-6-13-23-17;/h6-7,13,15-16H,4-5,8-12,14H2,1-3H3,(H2,19,20,21);1H. The van der Waals surface area contributed by atoms with Crippen LogP contribution in [-0.4, -0.2) is 50.1 Å². The van der Waals surface area contributed by atoms with Gasteiger partial charge >= 0.3 is 0 Å². The van der Waals surface area contributed by atoms with Crippen LogP contribution in [0.4, 0.5) is 0 Å². The number of unbranched alkanes of at least 4 members (excludes halogenated alkanes) is 1. The van der Waals surface area contributed by atoms with E-state index in [1.165, 1.54) is 50.2 Å². The number of nitrogens with one attached hydrogen (secondary N) is 2. The summed E-state index contributed by atoms with van der Waals surface area (Å²) in [5, 5.41) is 9.22. The van der Waals surface area contributed by atoms with Gasteiger partial charge in [-0.2, -0.15) is 0 Å². The van der Waals surface area contributed by atoms with Crippen LogP contribution in [0, 0.1) is 0 Å². The highest BCUT2D eigenvalue weighted by Gasteiger charge is 2.19. The number of likely N-dealkylation sites (tertiary alicyclic amines) is 1. The molecule has 0 radical (unpaired) electrons. The number of aliphatic imine (C=N–C) groups is 1. The van der Waals surface area contributed by atoms with Gasteiger partial charge < -0.3 is 15.5 Å². The third-order valence-corrected chi connectivity index (χ3v) is 5.69. The van der Waals surface area contributed by atoms with Crippen molar-refractivity contribution in [3.8, 4) is 0 Å². The van der Waals surface area contributed by atoms with Gasteiger partial charge in [-0.25, -0.2) is 0 Å². The van der Waals surface area contributed by atoms with E-state index >= 15 is 0 Å². The van der Waals surface area contributed by atoms with Gasteiger partial charge in [0.05, 0.1) is 0 Å². The molecular formula is C18H33IN4S. The molecule has 1 saturated heterocycles. The summed E-state index contributed by atoms with van der Waals surface area (Å²) < 4.78 is 0. The first-order chi connectivity index (χ1) is 11.2. The zero-order valence-electron chi connectivity index (χ0n) is 15.3. The molecule has 0 spiro atoms. The summed E-state index contributed by atoms with van der Waals surface area (Å²) in [6.07, 6.45) is 5.04. The Labute approximate surface area is 168 Å². The van der Waals surface area contributed by atoms with E-state index in [1.54, 1.807) is 0 Å². The van der Waals surface area contributed by atoms with E-state index in [0.29, 0.717) is 12.0 Å². The molecule has 2 N–H and O–H groups in total. The second-order valence-corrected chi connectivity index (χ2v) is 7.46. The maximum absolute atomic E-state index is 4.39. The van der Waals surface area contributed by atoms with Gasteiger partial charge in [0.2, 0.25) is 0 Å². The molecule has 0 saturated carbocycles. The summed E-state index contributed by atoms with van der Waals surface area (Å²) in [4.78, 5) is 8.41. The zero-order chi connectivity index (χ0) is 16.5. The van der Waals surface area contributed by atoms with E-state index in [1.807, 2.05) is 18.4 Å². The summed E-state index contributed by atoms with van der Waals surface area (Å²) in [5.41, 5.74) is 0. The first-order valence-corrected chi connectivity index (χ1v) is 9.83. The first kappa shape index (κ1) is 21.7. The van der Waals surface area contributed by atoms with Crippen molar-refractivity contribution in [2.24, 2.45) is 4.99 Å². The quantitative estimate of drug-likeness (QED) is 0.365. The molecule has 24 heavy (non-hydrogen) atoms. The molecule has 1 aliphatic heterocycles. The number of rotatable bonds is 7. The van der Waals surface area contributed by atoms with Crippen LogP contribution in [-0.2, 0) is 0 Å². The van der Waals surface area contributed by atoms with Gasteiger partial charge in [0.15, 0.2) is 5.96 Å². The average Bonchev–Trinajstić information content (AvgIpc) is 3.12. The Bertz CT molecular complexity index is 456. The number of thiophene rings is 1. The Morgan fingerprint density at radius 2 is 2.17 bits per heavy atom. The molecule has 1 atom stereocenters. The number of hydrogen-bond acceptors (Lipinski definition) is 3. The Kier molecular flexibility index (Phi) is 10.9. The zero-order valence-corrected chi connectivity index (χ0v) is 18.4. The molecule has 1 aromatic rings. The second kappa shape index (κ2) is 12.1. The second-order valence-electron chi connectivity index (χ2n) is 6.48. The molecule has 1 fully saturated rings. The van der Waals surface area contributed by atoms with Crippen LogP contribution in [0.1, 0.15) is 50.3 Å². The van der Waals surface area contributed by atoms with Gasteiger partial charge in [-0.05, 0) is 37.3 Å². The van der Waals surface area contributed by atoms with Crippen molar-refractivity contribution in [2.45, 2.75) is 51.5 Å². The highest BCUT2D eigenvalue weighted by atomic mass is 127. The maximum atomic E-state index is 4.39. The number of hydrogen-bond donors (Lipinski definition) is 2. The fourth-order valence-electron chi connectivity index (χ4n) is 2.99. The monoisotopic (exact) mass is 464 g/mol. The van der Waals surface area contributed by atoms with Crippen LogP contribution in [0.3, 0.4) is 0 Å². The predicted molar refractivity (Wildman–Crippen MR) is 117 cm³/mol. The minimum absolute atomic E-state index is 0. The Morgan fingerprint density at radius 1 is 1.42 bits per heavy atom. The molecule has 0 amide bonds. The van der Waals surface area contributed by atoms with Crippen LogP contribution >= 0.6 is 35.3 Å². The molecule has 138 valence electrons. The normalized spacial score (nSPS) is 18.0. The third-order valence-electron chi connectivity index (χ3n) is 4.58. The van der Waals surface area contributed by atoms with Gasteiger partial charge in [0.25, 0.3) is 0 Å². The van der Waals surface area contributed by atoms with Crippen LogP contribution in [0.15, 0.2) is 22.5 Å². The lowest BCUT2D eigenvalue weighted by atomic mass is 10.0. The van der Waals surface area contributed by atoms with Crippen LogP contribution < -0.4 is 10.6 Å². The summed E-state index contributed by atoms with van der Waals surface area (Å²) in [7, 11) is 1.86. The molecule has 0 aliphatic carbocycles. The Hall–Kier alpha value is -0.340. The summed E-state index contributed by atoms with van der Waals surface area (Å²) in [6, 6.07) is 4.88. The summed E-state index contributed by atoms with van der Waals surface area (Å²) in [5.74, 6) is 1.46. The van der Waals surface area contributed by atoms with Crippen LogP contribution in [0.2, 0.25) is 0 Å². The molecule has 6 heteroatoms. The lowest BCUT2D eigenvalue weighted by Crippen LogP contribution is -2.49. The van der Waals surface area contributed by atoms with Gasteiger partial charge in [0, 0.05) is 43.5 Å². The van der Waals surface area contributed by atoms with E-state index in [2.05, 4.69) is 51.9 Å². The van der Waals surface area contributed by atoms with E-state index in [-0.39, 0.29) is 24.0 Å². The molecule has 1 aromatic heterocycles. The first-order valence-electron chi connectivity index (χ1n) is 8.95. The van der Waals surface area contributed by atoms with Gasteiger partial charge in [-0.1, -0.05) is 26.3 Å². The number of piperidine rings is 1. The summed E-state index contributed by atoms with van der Waals surface area (Å²) in [6.45, 7) is 9.13. The van der Waals surface area contributed by atoms with Gasteiger partial charge in [-0.3, -0.25) is 4.99 Å². The van der Waals surface area contributed by atoms with E-state index in [9.17, 15) is 0 Å². The molecule has 2 rings (SSSR count). The van der Waals surface area contributed by atoms with E-state index < -0.39 is 0 Å². The third kappa shape index (κ3) is 7.27. The SMILES string of the molecule is CCCCN1CCC(NC(=NC)NCC(C)c2cccs2)CC1.I. The molecule has 1 unspecified atom stereocenters. The Balaban J connectivity index is 0.00000288. The predicted octanol–water partition coefficient (Wildman–Crippen LogP) is 3.90. The number of guanidine groups is 1. The van der Waals surface area contributed by atoms with Crippen molar-refractivity contribution in [1.29, 1.82) is 0 Å². The molecule has 0 aromatic carbocycles. The maximum Gasteiger partial charge on any atom is 0.191 e. The largest absolute Gasteiger partial charge is 0.356 e. The number of halogens is 1. The van der Waals surface area contributed by atoms with Crippen molar-refractivity contribution in [1.82, 2.24) is 15.5 Å². The van der Waals surface area contributed by atoms with Crippen molar-refractivity contribution in [3.05, 3.63) is 22.4 Å². The fourth-order valence-corrected chi connectivity index (χ4v) is 3.78. The summed E-state index contributed by atoms with van der Waals surface area (Å²) >= 11 is 1.83. The minimum atomic E-state index is 0. The molecular weight excluding hydrogens is 431 g/mol. The average molecular weight is 464 g/mol. The van der Waals surface area contributed by atoms with Crippen molar-refractivity contribution in [3.63, 3.8) is 0 Å². The van der Waals surface area contributed by atoms with E-state index in [0.717, 1.165) is 12.5 Å². The lowest BCUT2D eigenvalue weighted by Gasteiger charge is -2.33.